The average molecular weight is 285 g/mol. The summed E-state index contributed by atoms with van der Waals surface area (Å²) in [5, 5.41) is 0. The highest BCUT2D eigenvalue weighted by molar-refractivity contribution is 7.80. The van der Waals surface area contributed by atoms with Gasteiger partial charge in [0.05, 0.1) is 10.9 Å². The minimum atomic E-state index is -0.302. The van der Waals surface area contributed by atoms with E-state index in [1.807, 2.05) is 18.9 Å². The van der Waals surface area contributed by atoms with Crippen LogP contribution in [0.4, 0.5) is 0 Å². The molecule has 0 heterocycles. The van der Waals surface area contributed by atoms with Gasteiger partial charge in [0.25, 0.3) is 0 Å². The van der Waals surface area contributed by atoms with Gasteiger partial charge in [-0.15, -0.1) is 0 Å². The van der Waals surface area contributed by atoms with Crippen molar-refractivity contribution in [3.8, 4) is 0 Å². The maximum atomic E-state index is 12.5. The van der Waals surface area contributed by atoms with Crippen molar-refractivity contribution >= 4 is 23.1 Å². The molecule has 1 atom stereocenters. The molecule has 1 saturated carbocycles. The van der Waals surface area contributed by atoms with Crippen LogP contribution < -0.4 is 5.73 Å². The fourth-order valence-electron chi connectivity index (χ4n) is 2.79. The Labute approximate surface area is 122 Å². The minimum absolute atomic E-state index is 0.0717. The highest BCUT2D eigenvalue weighted by atomic mass is 32.1. The van der Waals surface area contributed by atoms with Gasteiger partial charge in [0.1, 0.15) is 0 Å². The molecule has 0 aromatic heterocycles. The summed E-state index contributed by atoms with van der Waals surface area (Å²) < 4.78 is 0. The van der Waals surface area contributed by atoms with Crippen LogP contribution in [0.25, 0.3) is 0 Å². The Balaban J connectivity index is 2.68. The maximum Gasteiger partial charge on any atom is 0.232 e. The topological polar surface area (TPSA) is 49.6 Å². The standard InChI is InChI=1S/C14H27N3OS/c1-5-7-11(12(15)19)13(18)17(4)10-14(16(2)3)8-6-9-14/h11H,5-10H2,1-4H3,(H2,15,19). The van der Waals surface area contributed by atoms with Crippen LogP contribution in [0.5, 0.6) is 0 Å². The van der Waals surface area contributed by atoms with Crippen LogP contribution in [0.1, 0.15) is 39.0 Å². The molecule has 4 nitrogen and oxygen atoms in total. The molecule has 110 valence electrons. The lowest BCUT2D eigenvalue weighted by Crippen LogP contribution is -2.58. The van der Waals surface area contributed by atoms with Crippen molar-refractivity contribution < 1.29 is 4.79 Å². The fraction of sp³-hybridized carbons (Fsp3) is 0.857. The van der Waals surface area contributed by atoms with E-state index in [-0.39, 0.29) is 17.4 Å². The maximum absolute atomic E-state index is 12.5. The zero-order chi connectivity index (χ0) is 14.6. The molecule has 1 aliphatic carbocycles. The van der Waals surface area contributed by atoms with Gasteiger partial charge in [0.15, 0.2) is 0 Å². The zero-order valence-electron chi connectivity index (χ0n) is 12.6. The van der Waals surface area contributed by atoms with E-state index in [1.165, 1.54) is 6.42 Å². The summed E-state index contributed by atoms with van der Waals surface area (Å²) in [4.78, 5) is 16.8. The molecular formula is C14H27N3OS. The van der Waals surface area contributed by atoms with Crippen LogP contribution in [-0.4, -0.2) is 53.9 Å². The third kappa shape index (κ3) is 3.66. The van der Waals surface area contributed by atoms with Gasteiger partial charge in [-0.1, -0.05) is 25.6 Å². The predicted octanol–water partition coefficient (Wildman–Crippen LogP) is 1.63. The average Bonchev–Trinajstić information content (AvgIpc) is 2.28. The summed E-state index contributed by atoms with van der Waals surface area (Å²) in [5.41, 5.74) is 5.86. The summed E-state index contributed by atoms with van der Waals surface area (Å²) in [5.74, 6) is -0.230. The van der Waals surface area contributed by atoms with E-state index in [9.17, 15) is 4.79 Å². The Kier molecular flexibility index (Phi) is 5.74. The van der Waals surface area contributed by atoms with E-state index in [4.69, 9.17) is 18.0 Å². The lowest BCUT2D eigenvalue weighted by atomic mass is 9.75. The summed E-state index contributed by atoms with van der Waals surface area (Å²) >= 11 is 5.03. The highest BCUT2D eigenvalue weighted by Crippen LogP contribution is 2.36. The Morgan fingerprint density at radius 3 is 2.26 bits per heavy atom. The monoisotopic (exact) mass is 285 g/mol. The first kappa shape index (κ1) is 16.4. The third-order valence-electron chi connectivity index (χ3n) is 4.36. The molecule has 0 saturated heterocycles. The van der Waals surface area contributed by atoms with Crippen molar-refractivity contribution in [3.05, 3.63) is 0 Å². The van der Waals surface area contributed by atoms with Gasteiger partial charge in [0, 0.05) is 19.1 Å². The first-order chi connectivity index (χ1) is 8.84. The molecule has 19 heavy (non-hydrogen) atoms. The van der Waals surface area contributed by atoms with Gasteiger partial charge < -0.3 is 15.5 Å². The molecule has 5 heteroatoms. The number of nitrogens with two attached hydrogens (primary N) is 1. The normalized spacial score (nSPS) is 18.8. The second kappa shape index (κ2) is 6.66. The van der Waals surface area contributed by atoms with Crippen LogP contribution in [-0.2, 0) is 4.79 Å². The van der Waals surface area contributed by atoms with Crippen molar-refractivity contribution in [1.82, 2.24) is 9.80 Å². The van der Waals surface area contributed by atoms with Crippen LogP contribution in [0.15, 0.2) is 0 Å². The summed E-state index contributed by atoms with van der Waals surface area (Å²) in [6, 6.07) is 0. The number of hydrogen-bond donors (Lipinski definition) is 1. The lowest BCUT2D eigenvalue weighted by Gasteiger charge is -2.49. The Bertz CT molecular complexity index is 340. The van der Waals surface area contributed by atoms with Gasteiger partial charge in [-0.2, -0.15) is 0 Å². The first-order valence-corrected chi connectivity index (χ1v) is 7.46. The van der Waals surface area contributed by atoms with E-state index in [2.05, 4.69) is 19.0 Å². The van der Waals surface area contributed by atoms with Gasteiger partial charge in [-0.3, -0.25) is 4.79 Å². The summed E-state index contributed by atoms with van der Waals surface area (Å²) in [6.45, 7) is 2.81. The summed E-state index contributed by atoms with van der Waals surface area (Å²) in [6.07, 6.45) is 5.22. The molecule has 1 aliphatic rings. The summed E-state index contributed by atoms with van der Waals surface area (Å²) in [7, 11) is 6.05. The molecule has 0 radical (unpaired) electrons. The number of carbonyl (C=O) groups excluding carboxylic acids is 1. The first-order valence-electron chi connectivity index (χ1n) is 7.06. The van der Waals surface area contributed by atoms with Gasteiger partial charge in [-0.25, -0.2) is 0 Å². The number of rotatable bonds is 7. The largest absolute Gasteiger partial charge is 0.393 e. The van der Waals surface area contributed by atoms with Crippen LogP contribution in [0, 0.1) is 5.92 Å². The number of amides is 1. The zero-order valence-corrected chi connectivity index (χ0v) is 13.4. The molecule has 0 spiro atoms. The van der Waals surface area contributed by atoms with Gasteiger partial charge >= 0.3 is 0 Å². The predicted molar refractivity (Wildman–Crippen MR) is 83.1 cm³/mol. The molecule has 0 aliphatic heterocycles. The van der Waals surface area contributed by atoms with E-state index >= 15 is 0 Å². The molecule has 1 fully saturated rings. The molecule has 2 N–H and O–H groups in total. The second-order valence-corrected chi connectivity index (χ2v) is 6.38. The smallest absolute Gasteiger partial charge is 0.232 e. The molecule has 0 aromatic carbocycles. The second-order valence-electron chi connectivity index (χ2n) is 5.91. The van der Waals surface area contributed by atoms with Crippen LogP contribution in [0.3, 0.4) is 0 Å². The quantitative estimate of drug-likeness (QED) is 0.722. The number of nitrogens with zero attached hydrogens (tertiary/aromatic N) is 2. The van der Waals surface area contributed by atoms with E-state index < -0.39 is 0 Å². The van der Waals surface area contributed by atoms with E-state index in [1.54, 1.807) is 0 Å². The number of likely N-dealkylation sites (N-methyl/N-ethyl adjacent to an activating group) is 2. The minimum Gasteiger partial charge on any atom is -0.393 e. The molecule has 0 bridgehead atoms. The number of carbonyl (C=O) groups is 1. The Morgan fingerprint density at radius 2 is 1.95 bits per heavy atom. The molecule has 1 rings (SSSR count). The Hall–Kier alpha value is -0.680. The Morgan fingerprint density at radius 1 is 1.37 bits per heavy atom. The molecule has 1 amide bonds. The fourth-order valence-corrected chi connectivity index (χ4v) is 3.01. The van der Waals surface area contributed by atoms with Crippen molar-refractivity contribution in [2.75, 3.05) is 27.7 Å². The van der Waals surface area contributed by atoms with Crippen LogP contribution >= 0.6 is 12.2 Å². The highest BCUT2D eigenvalue weighted by Gasteiger charge is 2.41. The number of hydrogen-bond acceptors (Lipinski definition) is 3. The van der Waals surface area contributed by atoms with Crippen molar-refractivity contribution in [2.45, 2.75) is 44.6 Å². The third-order valence-corrected chi connectivity index (χ3v) is 4.64. The molecular weight excluding hydrogens is 258 g/mol. The lowest BCUT2D eigenvalue weighted by molar-refractivity contribution is -0.135. The van der Waals surface area contributed by atoms with E-state index in [0.717, 1.165) is 32.2 Å². The van der Waals surface area contributed by atoms with Crippen molar-refractivity contribution in [2.24, 2.45) is 11.7 Å². The van der Waals surface area contributed by atoms with Crippen molar-refractivity contribution in [3.63, 3.8) is 0 Å². The van der Waals surface area contributed by atoms with Crippen molar-refractivity contribution in [1.29, 1.82) is 0 Å². The van der Waals surface area contributed by atoms with Crippen LogP contribution in [0.2, 0.25) is 0 Å². The molecule has 0 aromatic rings. The molecule has 1 unspecified atom stereocenters. The van der Waals surface area contributed by atoms with Gasteiger partial charge in [0.2, 0.25) is 5.91 Å². The van der Waals surface area contributed by atoms with Gasteiger partial charge in [-0.05, 0) is 39.8 Å². The van der Waals surface area contributed by atoms with E-state index in [0.29, 0.717) is 4.99 Å². The number of thiocarbonyl (C=S) groups is 1. The SMILES string of the molecule is CCCC(C(=O)N(C)CC1(N(C)C)CCC1)C(N)=S.